The van der Waals surface area contributed by atoms with E-state index in [4.69, 9.17) is 9.90 Å². The molecular weight excluding hydrogens is 416 g/mol. The van der Waals surface area contributed by atoms with E-state index in [1.807, 2.05) is 35.2 Å². The Morgan fingerprint density at radius 2 is 2.00 bits per heavy atom. The Morgan fingerprint density at radius 3 is 2.62 bits per heavy atom. The zero-order valence-electron chi connectivity index (χ0n) is 17.7. The quantitative estimate of drug-likeness (QED) is 0.618. The zero-order chi connectivity index (χ0) is 23.1. The van der Waals surface area contributed by atoms with Gasteiger partial charge in [0.15, 0.2) is 0 Å². The topological polar surface area (TPSA) is 138 Å². The van der Waals surface area contributed by atoms with Gasteiger partial charge in [-0.15, -0.1) is 5.10 Å². The van der Waals surface area contributed by atoms with E-state index in [1.54, 1.807) is 22.0 Å². The number of benzene rings is 1. The van der Waals surface area contributed by atoms with Crippen molar-refractivity contribution >= 4 is 24.2 Å². The number of fused-ring (bicyclic) bond motifs is 1. The van der Waals surface area contributed by atoms with Crippen LogP contribution in [0.15, 0.2) is 42.7 Å². The van der Waals surface area contributed by atoms with Crippen molar-refractivity contribution in [2.45, 2.75) is 32.0 Å². The Morgan fingerprint density at radius 1 is 1.28 bits per heavy atom. The SMILES string of the molecule is CC(=O)N1CC(=O)N2[C@@H](C[C@H](C(=O)NCCn3ccnn3)[C@@H]2c2ccccc2)C1.O=CO. The molecule has 170 valence electrons. The van der Waals surface area contributed by atoms with Crippen LogP contribution in [0.5, 0.6) is 0 Å². The molecule has 0 aliphatic carbocycles. The molecule has 4 rings (SSSR count). The number of carbonyl (C=O) groups excluding carboxylic acids is 3. The second-order valence-corrected chi connectivity index (χ2v) is 7.61. The van der Waals surface area contributed by atoms with Crippen LogP contribution in [0.2, 0.25) is 0 Å². The summed E-state index contributed by atoms with van der Waals surface area (Å²) >= 11 is 0. The molecule has 3 amide bonds. The average molecular weight is 442 g/mol. The molecule has 11 nitrogen and oxygen atoms in total. The summed E-state index contributed by atoms with van der Waals surface area (Å²) in [5.41, 5.74) is 0.941. The molecule has 1 aromatic heterocycles. The number of hydrogen-bond acceptors (Lipinski definition) is 6. The first kappa shape index (κ1) is 22.9. The van der Waals surface area contributed by atoms with Crippen LogP contribution < -0.4 is 5.32 Å². The summed E-state index contributed by atoms with van der Waals surface area (Å²) in [5, 5.41) is 17.5. The highest BCUT2D eigenvalue weighted by Gasteiger charge is 2.50. The van der Waals surface area contributed by atoms with Crippen molar-refractivity contribution in [3.05, 3.63) is 48.3 Å². The molecule has 0 saturated carbocycles. The summed E-state index contributed by atoms with van der Waals surface area (Å²) in [6.45, 7) is 2.71. The smallest absolute Gasteiger partial charge is 0.290 e. The van der Waals surface area contributed by atoms with Crippen LogP contribution in [-0.4, -0.2) is 79.8 Å². The number of carboxylic acid groups (broad SMARTS) is 1. The predicted octanol–water partition coefficient (Wildman–Crippen LogP) is -0.0844. The van der Waals surface area contributed by atoms with Crippen molar-refractivity contribution in [1.29, 1.82) is 0 Å². The van der Waals surface area contributed by atoms with E-state index < -0.39 is 0 Å². The van der Waals surface area contributed by atoms with Gasteiger partial charge < -0.3 is 20.2 Å². The van der Waals surface area contributed by atoms with Crippen molar-refractivity contribution in [1.82, 2.24) is 30.1 Å². The lowest BCUT2D eigenvalue weighted by atomic mass is 9.92. The van der Waals surface area contributed by atoms with E-state index in [2.05, 4.69) is 15.6 Å². The van der Waals surface area contributed by atoms with Gasteiger partial charge in [-0.25, -0.2) is 0 Å². The van der Waals surface area contributed by atoms with Crippen LogP contribution >= 0.6 is 0 Å². The van der Waals surface area contributed by atoms with Crippen LogP contribution in [0, 0.1) is 5.92 Å². The van der Waals surface area contributed by atoms with Gasteiger partial charge in [0.25, 0.3) is 6.47 Å². The fourth-order valence-corrected chi connectivity index (χ4v) is 4.35. The van der Waals surface area contributed by atoms with Gasteiger partial charge in [-0.05, 0) is 12.0 Å². The summed E-state index contributed by atoms with van der Waals surface area (Å²) in [5.74, 6) is -0.678. The second kappa shape index (κ2) is 10.5. The van der Waals surface area contributed by atoms with Crippen molar-refractivity contribution in [2.24, 2.45) is 5.92 Å². The summed E-state index contributed by atoms with van der Waals surface area (Å²) in [4.78, 5) is 49.5. The lowest BCUT2D eigenvalue weighted by Crippen LogP contribution is -2.55. The Kier molecular flexibility index (Phi) is 7.53. The van der Waals surface area contributed by atoms with E-state index in [-0.39, 0.29) is 48.7 Å². The van der Waals surface area contributed by atoms with E-state index in [1.165, 1.54) is 6.92 Å². The number of piperazine rings is 1. The third kappa shape index (κ3) is 5.10. The van der Waals surface area contributed by atoms with E-state index in [0.29, 0.717) is 26.1 Å². The third-order valence-electron chi connectivity index (χ3n) is 5.68. The Labute approximate surface area is 185 Å². The van der Waals surface area contributed by atoms with Crippen molar-refractivity contribution in [3.63, 3.8) is 0 Å². The Balaban J connectivity index is 0.000000913. The van der Waals surface area contributed by atoms with Crippen LogP contribution in [0.3, 0.4) is 0 Å². The van der Waals surface area contributed by atoms with Gasteiger partial charge in [-0.2, -0.15) is 0 Å². The van der Waals surface area contributed by atoms with Gasteiger partial charge in [-0.1, -0.05) is 35.5 Å². The van der Waals surface area contributed by atoms with Crippen LogP contribution in [0.4, 0.5) is 0 Å². The molecule has 32 heavy (non-hydrogen) atoms. The molecule has 0 spiro atoms. The van der Waals surface area contributed by atoms with E-state index >= 15 is 0 Å². The number of amides is 3. The number of aromatic nitrogens is 3. The Hall–Kier alpha value is -3.76. The monoisotopic (exact) mass is 442 g/mol. The Bertz CT molecular complexity index is 935. The van der Waals surface area contributed by atoms with Crippen LogP contribution in [0.1, 0.15) is 24.9 Å². The molecule has 0 unspecified atom stereocenters. The van der Waals surface area contributed by atoms with Crippen LogP contribution in [-0.2, 0) is 25.7 Å². The summed E-state index contributed by atoms with van der Waals surface area (Å²) < 4.78 is 1.65. The molecule has 2 saturated heterocycles. The minimum atomic E-state index is -0.367. The maximum Gasteiger partial charge on any atom is 0.290 e. The molecule has 2 aliphatic rings. The average Bonchev–Trinajstić information content (AvgIpc) is 3.43. The maximum absolute atomic E-state index is 13.0. The van der Waals surface area contributed by atoms with Crippen LogP contribution in [0.25, 0.3) is 0 Å². The second-order valence-electron chi connectivity index (χ2n) is 7.61. The highest BCUT2D eigenvalue weighted by atomic mass is 16.3. The minimum Gasteiger partial charge on any atom is -0.483 e. The molecule has 2 N–H and O–H groups in total. The summed E-state index contributed by atoms with van der Waals surface area (Å²) in [7, 11) is 0. The number of hydrogen-bond donors (Lipinski definition) is 2. The van der Waals surface area contributed by atoms with Crippen molar-refractivity contribution < 1.29 is 24.3 Å². The first-order valence-electron chi connectivity index (χ1n) is 10.3. The third-order valence-corrected chi connectivity index (χ3v) is 5.68. The predicted molar refractivity (Wildman–Crippen MR) is 112 cm³/mol. The molecular formula is C21H26N6O5. The van der Waals surface area contributed by atoms with E-state index in [0.717, 1.165) is 5.56 Å². The molecule has 3 heterocycles. The maximum atomic E-state index is 13.0. The number of nitrogens with one attached hydrogen (secondary N) is 1. The standard InChI is InChI=1S/C20H24N6O3.CH2O2/c1-14(27)24-12-16-11-17(20(29)21-7-9-25-10-8-22-23-25)19(26(16)18(28)13-24)15-5-3-2-4-6-15;2-1-3/h2-6,8,10,16-17,19H,7,9,11-13H2,1H3,(H,21,29);1H,(H,2,3)/t16-,17-,19-;/m0./s1. The van der Waals surface area contributed by atoms with Gasteiger partial charge in [0.2, 0.25) is 17.7 Å². The lowest BCUT2D eigenvalue weighted by molar-refractivity contribution is -0.148. The zero-order valence-corrected chi connectivity index (χ0v) is 17.7. The summed E-state index contributed by atoms with van der Waals surface area (Å²) in [6.07, 6.45) is 3.86. The molecule has 0 radical (unpaired) electrons. The van der Waals surface area contributed by atoms with Gasteiger partial charge in [0, 0.05) is 26.2 Å². The lowest BCUT2D eigenvalue weighted by Gasteiger charge is -2.39. The number of carbonyl (C=O) groups is 4. The largest absolute Gasteiger partial charge is 0.483 e. The number of nitrogens with zero attached hydrogens (tertiary/aromatic N) is 5. The fraction of sp³-hybridized carbons (Fsp3) is 0.429. The van der Waals surface area contributed by atoms with Gasteiger partial charge in [0.05, 0.1) is 37.3 Å². The summed E-state index contributed by atoms with van der Waals surface area (Å²) in [6, 6.07) is 9.17. The number of rotatable bonds is 5. The molecule has 2 aromatic rings. The van der Waals surface area contributed by atoms with E-state index in [9.17, 15) is 14.4 Å². The first-order valence-corrected chi connectivity index (χ1v) is 10.3. The molecule has 2 fully saturated rings. The molecule has 1 aromatic carbocycles. The van der Waals surface area contributed by atoms with Gasteiger partial charge in [0.1, 0.15) is 0 Å². The fourth-order valence-electron chi connectivity index (χ4n) is 4.35. The molecule has 0 bridgehead atoms. The van der Waals surface area contributed by atoms with Crippen molar-refractivity contribution in [2.75, 3.05) is 19.6 Å². The van der Waals surface area contributed by atoms with Crippen molar-refractivity contribution in [3.8, 4) is 0 Å². The molecule has 11 heteroatoms. The molecule has 2 aliphatic heterocycles. The van der Waals surface area contributed by atoms with Gasteiger partial charge in [-0.3, -0.25) is 23.9 Å². The van der Waals surface area contributed by atoms with Gasteiger partial charge >= 0.3 is 0 Å². The normalized spacial score (nSPS) is 21.9. The highest BCUT2D eigenvalue weighted by Crippen LogP contribution is 2.43. The molecule has 3 atom stereocenters. The first-order chi connectivity index (χ1) is 15.5. The highest BCUT2D eigenvalue weighted by molar-refractivity contribution is 5.88. The minimum absolute atomic E-state index is 0.0653.